The average molecular weight is 372 g/mol. The molecule has 0 aromatic heterocycles. The molecule has 6 nitrogen and oxygen atoms in total. The van der Waals surface area contributed by atoms with Gasteiger partial charge in [0.15, 0.2) is 0 Å². The molecule has 28 heavy (non-hydrogen) atoms. The van der Waals surface area contributed by atoms with E-state index in [9.17, 15) is 19.8 Å². The number of aliphatic hydroxyl groups is 2. The standard InChI is InChI=1S/C22H16N2O4/c1-11-3-4-13(7-12(11)2)19-17-18(22(28)23-19)20(24-21(17)27)14-5-6-15(9-25)16(8-14)10-26/h3-10,25-26H,1-2H3. The van der Waals surface area contributed by atoms with Crippen LogP contribution in [0.15, 0.2) is 46.0 Å². The summed E-state index contributed by atoms with van der Waals surface area (Å²) in [6.45, 7) is 3.94. The number of aromatic nitrogens is 2. The Bertz CT molecular complexity index is 1490. The molecule has 2 N–H and O–H groups in total. The Balaban J connectivity index is 2.05. The van der Waals surface area contributed by atoms with Gasteiger partial charge in [-0.1, -0.05) is 24.3 Å². The molecule has 0 radical (unpaired) electrons. The molecule has 0 fully saturated rings. The van der Waals surface area contributed by atoms with Crippen LogP contribution in [0.25, 0.3) is 35.0 Å². The van der Waals surface area contributed by atoms with Crippen molar-refractivity contribution in [3.8, 4) is 22.5 Å². The van der Waals surface area contributed by atoms with Crippen LogP contribution in [-0.4, -0.2) is 20.2 Å². The maximum absolute atomic E-state index is 12.6. The Morgan fingerprint density at radius 3 is 1.79 bits per heavy atom. The van der Waals surface area contributed by atoms with E-state index in [-0.39, 0.29) is 16.1 Å². The minimum absolute atomic E-state index is 0.169. The zero-order valence-corrected chi connectivity index (χ0v) is 15.2. The van der Waals surface area contributed by atoms with Crippen LogP contribution in [0.3, 0.4) is 0 Å². The second kappa shape index (κ2) is 6.42. The first-order valence-electron chi connectivity index (χ1n) is 8.62. The number of nitrogens with zero attached hydrogens (tertiary/aromatic N) is 2. The van der Waals surface area contributed by atoms with Crippen LogP contribution in [0, 0.1) is 24.3 Å². The summed E-state index contributed by atoms with van der Waals surface area (Å²) in [5.41, 5.74) is 2.84. The van der Waals surface area contributed by atoms with E-state index in [0.717, 1.165) is 23.7 Å². The molecule has 0 saturated heterocycles. The molecule has 2 aliphatic rings. The lowest BCUT2D eigenvalue weighted by Gasteiger charge is -2.02. The molecule has 0 aliphatic carbocycles. The summed E-state index contributed by atoms with van der Waals surface area (Å²) in [5, 5.41) is 19.7. The minimum atomic E-state index is -0.514. The zero-order valence-electron chi connectivity index (χ0n) is 15.2. The fourth-order valence-electron chi connectivity index (χ4n) is 3.34. The normalized spacial score (nSPS) is 12.9. The predicted octanol–water partition coefficient (Wildman–Crippen LogP) is 1.34. The van der Waals surface area contributed by atoms with E-state index in [2.05, 4.69) is 9.97 Å². The van der Waals surface area contributed by atoms with Crippen LogP contribution in [0.1, 0.15) is 11.1 Å². The smallest absolute Gasteiger partial charge is 0.280 e. The number of benzene rings is 2. The van der Waals surface area contributed by atoms with Gasteiger partial charge < -0.3 is 10.2 Å². The number of rotatable bonds is 2. The largest absolute Gasteiger partial charge is 0.515 e. The van der Waals surface area contributed by atoms with Crippen molar-refractivity contribution in [1.29, 1.82) is 0 Å². The first-order valence-corrected chi connectivity index (χ1v) is 8.62. The molecule has 0 spiro atoms. The van der Waals surface area contributed by atoms with E-state index in [1.807, 2.05) is 32.0 Å². The number of aryl methyl sites for hydroxylation is 2. The maximum atomic E-state index is 12.6. The third-order valence-corrected chi connectivity index (χ3v) is 5.00. The average Bonchev–Trinajstić information content (AvgIpc) is 3.22. The predicted molar refractivity (Wildman–Crippen MR) is 106 cm³/mol. The fraction of sp³-hybridized carbons (Fsp3) is 0.0909. The highest BCUT2D eigenvalue weighted by Gasteiger charge is 2.19. The van der Waals surface area contributed by atoms with E-state index in [4.69, 9.17) is 0 Å². The SMILES string of the molecule is Cc1ccc(-c2nc(=O)c3c(-c4ccc(=CO)c(=CO)c4)nc(=O)c2=3)cc1C. The topological polar surface area (TPSA) is 100 Å². The quantitative estimate of drug-likeness (QED) is 0.551. The molecule has 0 bridgehead atoms. The monoisotopic (exact) mass is 372 g/mol. The summed E-state index contributed by atoms with van der Waals surface area (Å²) < 4.78 is 0. The molecule has 0 atom stereocenters. The van der Waals surface area contributed by atoms with Crippen LogP contribution in [0.4, 0.5) is 0 Å². The van der Waals surface area contributed by atoms with Crippen molar-refractivity contribution >= 4 is 12.5 Å². The van der Waals surface area contributed by atoms with Gasteiger partial charge in [-0.2, -0.15) is 0 Å². The lowest BCUT2D eigenvalue weighted by molar-refractivity contribution is 0.533. The Morgan fingerprint density at radius 1 is 0.714 bits per heavy atom. The van der Waals surface area contributed by atoms with E-state index in [1.165, 1.54) is 0 Å². The molecule has 6 heteroatoms. The van der Waals surface area contributed by atoms with Gasteiger partial charge in [-0.3, -0.25) is 9.59 Å². The van der Waals surface area contributed by atoms with Gasteiger partial charge >= 0.3 is 0 Å². The number of aliphatic hydroxyl groups excluding tert-OH is 2. The van der Waals surface area contributed by atoms with Crippen molar-refractivity contribution in [2.45, 2.75) is 13.8 Å². The lowest BCUT2D eigenvalue weighted by atomic mass is 10.0. The number of hydrogen-bond donors (Lipinski definition) is 2. The van der Waals surface area contributed by atoms with Gasteiger partial charge in [-0.05, 0) is 37.1 Å². The van der Waals surface area contributed by atoms with Crippen molar-refractivity contribution < 1.29 is 10.2 Å². The summed E-state index contributed by atoms with van der Waals surface area (Å²) in [6.07, 6.45) is 1.70. The zero-order chi connectivity index (χ0) is 20.0. The Hall–Kier alpha value is -3.80. The molecule has 2 aromatic rings. The third kappa shape index (κ3) is 2.58. The van der Waals surface area contributed by atoms with Crippen LogP contribution in [-0.2, 0) is 0 Å². The van der Waals surface area contributed by atoms with Crippen molar-refractivity contribution in [3.05, 3.63) is 89.1 Å². The van der Waals surface area contributed by atoms with E-state index in [0.29, 0.717) is 27.3 Å². The van der Waals surface area contributed by atoms with Gasteiger partial charge in [-0.25, -0.2) is 9.97 Å². The first kappa shape index (κ1) is 17.6. The molecule has 138 valence electrons. The fourth-order valence-corrected chi connectivity index (χ4v) is 3.34. The van der Waals surface area contributed by atoms with Crippen molar-refractivity contribution in [2.75, 3.05) is 0 Å². The van der Waals surface area contributed by atoms with Crippen molar-refractivity contribution in [1.82, 2.24) is 9.97 Å². The van der Waals surface area contributed by atoms with Crippen LogP contribution in [0.5, 0.6) is 0 Å². The summed E-state index contributed by atoms with van der Waals surface area (Å²) in [5.74, 6) is 0. The van der Waals surface area contributed by atoms with Gasteiger partial charge in [0.25, 0.3) is 11.1 Å². The summed E-state index contributed by atoms with van der Waals surface area (Å²) in [4.78, 5) is 33.4. The molecule has 0 amide bonds. The highest BCUT2D eigenvalue weighted by molar-refractivity contribution is 5.67. The Labute approximate surface area is 158 Å². The molecule has 2 heterocycles. The molecule has 0 unspecified atom stereocenters. The summed E-state index contributed by atoms with van der Waals surface area (Å²) in [7, 11) is 0. The second-order valence-corrected chi connectivity index (χ2v) is 6.68. The van der Waals surface area contributed by atoms with Gasteiger partial charge in [-0.15, -0.1) is 0 Å². The first-order chi connectivity index (χ1) is 13.4. The van der Waals surface area contributed by atoms with Crippen LogP contribution in [0.2, 0.25) is 0 Å². The van der Waals surface area contributed by atoms with Crippen LogP contribution < -0.4 is 21.6 Å². The summed E-state index contributed by atoms with van der Waals surface area (Å²) in [6, 6.07) is 10.4. The number of hydrogen-bond acceptors (Lipinski definition) is 6. The molecular weight excluding hydrogens is 356 g/mol. The Kier molecular flexibility index (Phi) is 4.04. The molecule has 0 saturated carbocycles. The minimum Gasteiger partial charge on any atom is -0.515 e. The molecule has 2 aromatic carbocycles. The van der Waals surface area contributed by atoms with Gasteiger partial charge in [0.2, 0.25) is 0 Å². The lowest BCUT2D eigenvalue weighted by Crippen LogP contribution is -2.24. The molecule has 2 aliphatic heterocycles. The summed E-state index contributed by atoms with van der Waals surface area (Å²) >= 11 is 0. The van der Waals surface area contributed by atoms with Gasteiger partial charge in [0.05, 0.1) is 34.3 Å². The second-order valence-electron chi connectivity index (χ2n) is 6.68. The Morgan fingerprint density at radius 2 is 1.25 bits per heavy atom. The molecular formula is C22H16N2O4. The van der Waals surface area contributed by atoms with Gasteiger partial charge in [0.1, 0.15) is 0 Å². The highest BCUT2D eigenvalue weighted by atomic mass is 16.2. The highest BCUT2D eigenvalue weighted by Crippen LogP contribution is 2.23. The van der Waals surface area contributed by atoms with Gasteiger partial charge in [0, 0.05) is 21.6 Å². The van der Waals surface area contributed by atoms with Crippen LogP contribution >= 0.6 is 0 Å². The van der Waals surface area contributed by atoms with E-state index < -0.39 is 11.1 Å². The maximum Gasteiger partial charge on any atom is 0.280 e. The van der Waals surface area contributed by atoms with E-state index >= 15 is 0 Å². The third-order valence-electron chi connectivity index (χ3n) is 5.00. The van der Waals surface area contributed by atoms with Crippen molar-refractivity contribution in [3.63, 3.8) is 0 Å². The molecule has 4 rings (SSSR count). The van der Waals surface area contributed by atoms with E-state index in [1.54, 1.807) is 18.2 Å². The van der Waals surface area contributed by atoms with Crippen molar-refractivity contribution in [2.24, 2.45) is 0 Å².